The highest BCUT2D eigenvalue weighted by Crippen LogP contribution is 2.20. The van der Waals surface area contributed by atoms with E-state index in [2.05, 4.69) is 33.0 Å². The Balaban J connectivity index is 0. The van der Waals surface area contributed by atoms with E-state index in [4.69, 9.17) is 13.0 Å². The van der Waals surface area contributed by atoms with Crippen molar-refractivity contribution in [2.45, 2.75) is 45.3 Å². The Bertz CT molecular complexity index is 253. The average Bonchev–Trinajstić information content (AvgIpc) is 1.78. The summed E-state index contributed by atoms with van der Waals surface area (Å²) < 4.78 is 57.5. The molecule has 0 unspecified atom stereocenters. The molecular weight excluding hydrogens is 235 g/mol. The van der Waals surface area contributed by atoms with Crippen LogP contribution in [0.15, 0.2) is 0 Å². The van der Waals surface area contributed by atoms with Gasteiger partial charge in [-0.15, -0.1) is 0 Å². The molecule has 0 bridgehead atoms. The van der Waals surface area contributed by atoms with Crippen LogP contribution in [0.25, 0.3) is 0 Å². The summed E-state index contributed by atoms with van der Waals surface area (Å²) in [6.07, 6.45) is 0. The van der Waals surface area contributed by atoms with Crippen LogP contribution in [-0.4, -0.2) is 30.6 Å². The van der Waals surface area contributed by atoms with Crippen LogP contribution >= 0.6 is 0 Å². The lowest BCUT2D eigenvalue weighted by Gasteiger charge is -2.10. The molecule has 8 heteroatoms. The maximum absolute atomic E-state index is 10.7. The van der Waals surface area contributed by atoms with Gasteiger partial charge >= 0.3 is 15.6 Å². The molecule has 0 aromatic carbocycles. The number of halogens is 3. The molecule has 0 rings (SSSR count). The average molecular weight is 251 g/mol. The van der Waals surface area contributed by atoms with Gasteiger partial charge in [-0.25, -0.2) is 0 Å². The Morgan fingerprint density at radius 2 is 1.27 bits per heavy atom. The second-order valence-electron chi connectivity index (χ2n) is 3.40. The van der Waals surface area contributed by atoms with E-state index in [0.29, 0.717) is 12.1 Å². The summed E-state index contributed by atoms with van der Waals surface area (Å²) in [4.78, 5) is 0. The Morgan fingerprint density at radius 1 is 1.07 bits per heavy atom. The van der Waals surface area contributed by atoms with Crippen molar-refractivity contribution in [3.63, 3.8) is 0 Å². The molecule has 2 N–H and O–H groups in total. The number of hydrogen-bond acceptors (Lipinski definition) is 3. The molecule has 0 aliphatic heterocycles. The van der Waals surface area contributed by atoms with Crippen LogP contribution in [0.2, 0.25) is 0 Å². The van der Waals surface area contributed by atoms with Crippen molar-refractivity contribution in [3.8, 4) is 0 Å². The molecule has 0 saturated carbocycles. The Kier molecular flexibility index (Phi) is 7.15. The zero-order chi connectivity index (χ0) is 12.9. The first-order chi connectivity index (χ1) is 6.38. The van der Waals surface area contributed by atoms with Gasteiger partial charge in [0, 0.05) is 12.1 Å². The quantitative estimate of drug-likeness (QED) is 0.580. The van der Waals surface area contributed by atoms with Gasteiger partial charge in [0.25, 0.3) is 0 Å². The van der Waals surface area contributed by atoms with Crippen LogP contribution in [-0.2, 0) is 10.1 Å². The minimum absolute atomic E-state index is 0.625. The molecular formula is C7H16F3NO3S. The zero-order valence-electron chi connectivity index (χ0n) is 8.96. The third-order valence-electron chi connectivity index (χ3n) is 0.959. The first kappa shape index (κ1) is 17.1. The normalized spacial score (nSPS) is 12.7. The third kappa shape index (κ3) is 11.6. The van der Waals surface area contributed by atoms with E-state index in [-0.39, 0.29) is 0 Å². The second kappa shape index (κ2) is 6.29. The predicted molar refractivity (Wildman–Crippen MR) is 51.0 cm³/mol. The van der Waals surface area contributed by atoms with Crippen molar-refractivity contribution in [1.82, 2.24) is 5.32 Å². The van der Waals surface area contributed by atoms with E-state index in [1.807, 2.05) is 0 Å². The highest BCUT2D eigenvalue weighted by molar-refractivity contribution is 7.86. The summed E-state index contributed by atoms with van der Waals surface area (Å²) in [5.41, 5.74) is -5.53. The first-order valence-electron chi connectivity index (χ1n) is 4.17. The summed E-state index contributed by atoms with van der Waals surface area (Å²) in [6.45, 7) is 8.61. The molecule has 0 saturated heterocycles. The number of hydrogen-bond donors (Lipinski definition) is 2. The summed E-state index contributed by atoms with van der Waals surface area (Å²) in [6, 6.07) is 1.25. The van der Waals surface area contributed by atoms with Gasteiger partial charge in [0.05, 0.1) is 0 Å². The second-order valence-corrected chi connectivity index (χ2v) is 4.81. The molecule has 0 aliphatic carbocycles. The fourth-order valence-corrected chi connectivity index (χ4v) is 0.667. The molecule has 0 radical (unpaired) electrons. The smallest absolute Gasteiger partial charge is 0.312 e. The molecule has 0 heterocycles. The molecule has 0 aliphatic rings. The van der Waals surface area contributed by atoms with E-state index in [1.165, 1.54) is 0 Å². The van der Waals surface area contributed by atoms with E-state index >= 15 is 0 Å². The van der Waals surface area contributed by atoms with Crippen LogP contribution < -0.4 is 5.32 Å². The molecule has 0 fully saturated rings. The summed E-state index contributed by atoms with van der Waals surface area (Å²) in [5.74, 6) is 0. The third-order valence-corrected chi connectivity index (χ3v) is 1.54. The molecule has 0 amide bonds. The van der Waals surface area contributed by atoms with Gasteiger partial charge < -0.3 is 5.32 Å². The molecule has 0 aromatic heterocycles. The Hall–Kier alpha value is -0.340. The predicted octanol–water partition coefficient (Wildman–Crippen LogP) is 1.79. The number of alkyl halides is 3. The first-order valence-corrected chi connectivity index (χ1v) is 5.61. The van der Waals surface area contributed by atoms with Crippen LogP contribution in [0.3, 0.4) is 0 Å². The summed E-state index contributed by atoms with van der Waals surface area (Å²) in [5, 5.41) is 3.31. The van der Waals surface area contributed by atoms with Crippen LogP contribution in [0.1, 0.15) is 27.7 Å². The lowest BCUT2D eigenvalue weighted by molar-refractivity contribution is -0.0510. The van der Waals surface area contributed by atoms with Crippen LogP contribution in [0.4, 0.5) is 13.2 Å². The van der Waals surface area contributed by atoms with Gasteiger partial charge in [0.15, 0.2) is 0 Å². The van der Waals surface area contributed by atoms with Gasteiger partial charge in [-0.3, -0.25) is 4.55 Å². The zero-order valence-corrected chi connectivity index (χ0v) is 9.78. The van der Waals surface area contributed by atoms with Crippen molar-refractivity contribution in [2.75, 3.05) is 0 Å². The van der Waals surface area contributed by atoms with Crippen molar-refractivity contribution in [2.24, 2.45) is 0 Å². The molecule has 0 spiro atoms. The molecule has 0 atom stereocenters. The monoisotopic (exact) mass is 251 g/mol. The van der Waals surface area contributed by atoms with Crippen molar-refractivity contribution < 1.29 is 26.1 Å². The van der Waals surface area contributed by atoms with Crippen LogP contribution in [0.5, 0.6) is 0 Å². The highest BCUT2D eigenvalue weighted by Gasteiger charge is 2.44. The largest absolute Gasteiger partial charge is 0.522 e. The van der Waals surface area contributed by atoms with Gasteiger partial charge in [0.2, 0.25) is 0 Å². The van der Waals surface area contributed by atoms with Gasteiger partial charge in [0.1, 0.15) is 0 Å². The molecule has 0 aromatic rings. The minimum atomic E-state index is -5.84. The van der Waals surface area contributed by atoms with Crippen LogP contribution in [0, 0.1) is 0 Å². The lowest BCUT2D eigenvalue weighted by Crippen LogP contribution is -2.29. The van der Waals surface area contributed by atoms with Crippen molar-refractivity contribution in [3.05, 3.63) is 0 Å². The summed E-state index contributed by atoms with van der Waals surface area (Å²) >= 11 is 0. The topological polar surface area (TPSA) is 66.4 Å². The highest BCUT2D eigenvalue weighted by atomic mass is 32.2. The fraction of sp³-hybridized carbons (Fsp3) is 1.00. The maximum atomic E-state index is 10.7. The van der Waals surface area contributed by atoms with E-state index in [9.17, 15) is 13.2 Å². The number of rotatable bonds is 2. The molecule has 15 heavy (non-hydrogen) atoms. The Morgan fingerprint density at radius 3 is 1.27 bits per heavy atom. The summed E-state index contributed by atoms with van der Waals surface area (Å²) in [7, 11) is -5.84. The Labute approximate surface area is 87.6 Å². The molecule has 4 nitrogen and oxygen atoms in total. The SMILES string of the molecule is CC(C)NC(C)C.O=S(=O)(O)C(F)(F)F. The van der Waals surface area contributed by atoms with Gasteiger partial charge in [-0.1, -0.05) is 27.7 Å². The fourth-order valence-electron chi connectivity index (χ4n) is 0.667. The number of nitrogens with one attached hydrogen (secondary N) is 1. The van der Waals surface area contributed by atoms with Crippen molar-refractivity contribution in [1.29, 1.82) is 0 Å². The van der Waals surface area contributed by atoms with E-state index in [0.717, 1.165) is 0 Å². The standard InChI is InChI=1S/C6H15N.CHF3O3S/c1-5(2)7-6(3)4;2-1(3,4)8(5,6)7/h5-7H,1-4H3;(H,5,6,7). The van der Waals surface area contributed by atoms with Gasteiger partial charge in [-0.05, 0) is 0 Å². The lowest BCUT2D eigenvalue weighted by atomic mass is 10.3. The van der Waals surface area contributed by atoms with E-state index < -0.39 is 15.6 Å². The molecule has 94 valence electrons. The van der Waals surface area contributed by atoms with E-state index in [1.54, 1.807) is 0 Å². The minimum Gasteiger partial charge on any atom is -0.312 e. The van der Waals surface area contributed by atoms with Crippen molar-refractivity contribution >= 4 is 10.1 Å². The van der Waals surface area contributed by atoms with Gasteiger partial charge in [-0.2, -0.15) is 21.6 Å². The maximum Gasteiger partial charge on any atom is 0.522 e.